The summed E-state index contributed by atoms with van der Waals surface area (Å²) in [6.07, 6.45) is -1.83. The summed E-state index contributed by atoms with van der Waals surface area (Å²) >= 11 is 0. The summed E-state index contributed by atoms with van der Waals surface area (Å²) in [5, 5.41) is 2.92. The molecule has 0 aliphatic carbocycles. The van der Waals surface area contributed by atoms with E-state index in [9.17, 15) is 18.0 Å². The predicted molar refractivity (Wildman–Crippen MR) is 142 cm³/mol. The van der Waals surface area contributed by atoms with Crippen LogP contribution in [0.5, 0.6) is 5.75 Å². The van der Waals surface area contributed by atoms with E-state index in [1.165, 1.54) is 12.1 Å². The normalized spacial score (nSPS) is 13.0. The number of pyridine rings is 1. The Morgan fingerprint density at radius 2 is 1.84 bits per heavy atom. The average molecular weight is 518 g/mol. The van der Waals surface area contributed by atoms with Crippen molar-refractivity contribution >= 4 is 17.3 Å². The molecule has 0 spiro atoms. The Hall–Kier alpha value is -4.33. The zero-order valence-electron chi connectivity index (χ0n) is 20.8. The lowest BCUT2D eigenvalue weighted by Gasteiger charge is -2.31. The summed E-state index contributed by atoms with van der Waals surface area (Å²) in [4.78, 5) is 19.9. The van der Waals surface area contributed by atoms with E-state index in [4.69, 9.17) is 4.74 Å². The summed E-state index contributed by atoms with van der Waals surface area (Å²) in [5.41, 5.74) is 4.16. The fraction of sp³-hybridized carbons (Fsp3) is 0.200. The largest absolute Gasteiger partial charge is 0.489 e. The molecule has 5 rings (SSSR count). The number of alkyl halides is 3. The number of anilines is 2. The number of benzene rings is 3. The second-order valence-corrected chi connectivity index (χ2v) is 9.17. The Morgan fingerprint density at radius 1 is 1.03 bits per heavy atom. The van der Waals surface area contributed by atoms with Crippen molar-refractivity contribution in [2.45, 2.75) is 19.5 Å². The van der Waals surface area contributed by atoms with Crippen LogP contribution < -0.4 is 15.0 Å². The van der Waals surface area contributed by atoms with Crippen molar-refractivity contribution < 1.29 is 22.7 Å². The van der Waals surface area contributed by atoms with Crippen molar-refractivity contribution in [3.8, 4) is 16.9 Å². The minimum Gasteiger partial charge on any atom is -0.489 e. The monoisotopic (exact) mass is 517 g/mol. The first-order chi connectivity index (χ1) is 18.3. The average Bonchev–Trinajstić information content (AvgIpc) is 2.92. The minimum absolute atomic E-state index is 0.359. The highest BCUT2D eigenvalue weighted by atomic mass is 19.4. The molecule has 1 N–H and O–H groups in total. The molecule has 0 saturated carbocycles. The van der Waals surface area contributed by atoms with Gasteiger partial charge in [-0.05, 0) is 60.5 Å². The molecule has 0 radical (unpaired) electrons. The number of nitrogens with zero attached hydrogens (tertiary/aromatic N) is 2. The molecular formula is C30H26F3N3O2. The van der Waals surface area contributed by atoms with Crippen LogP contribution in [0.3, 0.4) is 0 Å². The second-order valence-electron chi connectivity index (χ2n) is 9.17. The third-order valence-electron chi connectivity index (χ3n) is 6.48. The number of rotatable bonds is 6. The van der Waals surface area contributed by atoms with Gasteiger partial charge in [0.2, 0.25) is 0 Å². The summed E-state index contributed by atoms with van der Waals surface area (Å²) in [6, 6.07) is 21.5. The van der Waals surface area contributed by atoms with Crippen molar-refractivity contribution in [3.05, 3.63) is 107 Å². The molecule has 0 unspecified atom stereocenters. The molecule has 0 atom stereocenters. The van der Waals surface area contributed by atoms with Crippen LogP contribution in [0.25, 0.3) is 11.1 Å². The van der Waals surface area contributed by atoms with Gasteiger partial charge in [0.1, 0.15) is 12.4 Å². The number of nitrogens with one attached hydrogen (secondary N) is 1. The first-order valence-electron chi connectivity index (χ1n) is 12.3. The number of amides is 1. The molecule has 0 bridgehead atoms. The van der Waals surface area contributed by atoms with Crippen LogP contribution in [0.15, 0.2) is 85.1 Å². The number of carbonyl (C=O) groups excluding carboxylic acids is 1. The lowest BCUT2D eigenvalue weighted by Crippen LogP contribution is -2.34. The molecule has 5 nitrogen and oxygen atoms in total. The van der Waals surface area contributed by atoms with Gasteiger partial charge in [0.15, 0.2) is 0 Å². The summed E-state index contributed by atoms with van der Waals surface area (Å²) in [7, 11) is 0. The molecule has 0 fully saturated rings. The van der Waals surface area contributed by atoms with Gasteiger partial charge in [-0.25, -0.2) is 0 Å². The number of aryl methyl sites for hydroxylation is 1. The highest BCUT2D eigenvalue weighted by molar-refractivity contribution is 6.09. The third kappa shape index (κ3) is 5.64. The summed E-state index contributed by atoms with van der Waals surface area (Å²) in [6.45, 7) is 3.95. The molecule has 1 aliphatic heterocycles. The van der Waals surface area contributed by atoms with Gasteiger partial charge in [0.05, 0.1) is 17.8 Å². The van der Waals surface area contributed by atoms with Crippen molar-refractivity contribution in [1.29, 1.82) is 0 Å². The van der Waals surface area contributed by atoms with E-state index in [0.717, 1.165) is 48.6 Å². The van der Waals surface area contributed by atoms with Crippen LogP contribution >= 0.6 is 0 Å². The molecule has 194 valence electrons. The van der Waals surface area contributed by atoms with Crippen LogP contribution in [0.1, 0.15) is 27.2 Å². The molecule has 38 heavy (non-hydrogen) atoms. The van der Waals surface area contributed by atoms with Gasteiger partial charge >= 0.3 is 6.18 Å². The van der Waals surface area contributed by atoms with Crippen LogP contribution in [0, 0.1) is 6.92 Å². The number of halogens is 3. The van der Waals surface area contributed by atoms with E-state index in [1.54, 1.807) is 30.5 Å². The smallest absolute Gasteiger partial charge is 0.416 e. The predicted octanol–water partition coefficient (Wildman–Crippen LogP) is 6.77. The molecule has 2 heterocycles. The maximum Gasteiger partial charge on any atom is 0.416 e. The van der Waals surface area contributed by atoms with Crippen molar-refractivity contribution in [2.75, 3.05) is 29.9 Å². The van der Waals surface area contributed by atoms with Crippen LogP contribution in [-0.4, -0.2) is 30.6 Å². The minimum atomic E-state index is -4.42. The van der Waals surface area contributed by atoms with Gasteiger partial charge in [-0.3, -0.25) is 9.78 Å². The number of carbonyl (C=O) groups is 1. The highest BCUT2D eigenvalue weighted by Crippen LogP contribution is 2.35. The first-order valence-corrected chi connectivity index (χ1v) is 12.3. The Bertz CT molecular complexity index is 1440. The van der Waals surface area contributed by atoms with E-state index in [-0.39, 0.29) is 5.91 Å². The van der Waals surface area contributed by atoms with Crippen molar-refractivity contribution in [2.24, 2.45) is 0 Å². The Morgan fingerprint density at radius 3 is 2.58 bits per heavy atom. The van der Waals surface area contributed by atoms with Gasteiger partial charge in [-0.1, -0.05) is 35.9 Å². The number of ether oxygens (including phenoxy) is 1. The lowest BCUT2D eigenvalue weighted by molar-refractivity contribution is -0.137. The molecule has 1 aromatic heterocycles. The van der Waals surface area contributed by atoms with Gasteiger partial charge < -0.3 is 15.0 Å². The van der Waals surface area contributed by atoms with Crippen LogP contribution in [0.2, 0.25) is 0 Å². The number of hydrogen-bond donors (Lipinski definition) is 1. The fourth-order valence-corrected chi connectivity index (χ4v) is 4.51. The Balaban J connectivity index is 1.34. The fourth-order valence-electron chi connectivity index (χ4n) is 4.51. The first kappa shape index (κ1) is 25.3. The topological polar surface area (TPSA) is 54.5 Å². The lowest BCUT2D eigenvalue weighted by atomic mass is 9.96. The van der Waals surface area contributed by atoms with Gasteiger partial charge in [-0.2, -0.15) is 13.2 Å². The molecule has 0 saturated heterocycles. The maximum atomic E-state index is 13.3. The summed E-state index contributed by atoms with van der Waals surface area (Å²) in [5.74, 6) is 0.324. The number of aromatic nitrogens is 1. The highest BCUT2D eigenvalue weighted by Gasteiger charge is 2.30. The van der Waals surface area contributed by atoms with E-state index in [0.29, 0.717) is 34.7 Å². The van der Waals surface area contributed by atoms with Gasteiger partial charge in [-0.15, -0.1) is 0 Å². The Labute approximate surface area is 218 Å². The standard InChI is InChI=1S/C30H26F3N3O2/c1-20-5-11-25(26(18-20)21-6-8-22(9-7-21)30(31,32)33)29(37)35-24-10-12-27-28(19-24)38-17-16-36(27)15-13-23-4-2-3-14-34-23/h2-12,14,18-19H,13,15-17H2,1H3,(H,35,37). The van der Waals surface area contributed by atoms with E-state index >= 15 is 0 Å². The molecule has 1 aliphatic rings. The van der Waals surface area contributed by atoms with Gasteiger partial charge in [0.25, 0.3) is 5.91 Å². The zero-order chi connectivity index (χ0) is 26.7. The number of fused-ring (bicyclic) bond motifs is 1. The van der Waals surface area contributed by atoms with E-state index in [2.05, 4.69) is 15.2 Å². The van der Waals surface area contributed by atoms with E-state index in [1.807, 2.05) is 37.3 Å². The maximum absolute atomic E-state index is 13.3. The molecular weight excluding hydrogens is 491 g/mol. The molecule has 1 amide bonds. The zero-order valence-corrected chi connectivity index (χ0v) is 20.8. The molecule has 4 aromatic rings. The second kappa shape index (κ2) is 10.6. The third-order valence-corrected chi connectivity index (χ3v) is 6.48. The summed E-state index contributed by atoms with van der Waals surface area (Å²) < 4.78 is 44.9. The van der Waals surface area contributed by atoms with Crippen LogP contribution in [0.4, 0.5) is 24.5 Å². The molecule has 8 heteroatoms. The van der Waals surface area contributed by atoms with Crippen molar-refractivity contribution in [1.82, 2.24) is 4.98 Å². The SMILES string of the molecule is Cc1ccc(C(=O)Nc2ccc3c(c2)OCCN3CCc2ccccn2)c(-c2ccc(C(F)(F)F)cc2)c1. The van der Waals surface area contributed by atoms with Crippen LogP contribution in [-0.2, 0) is 12.6 Å². The van der Waals surface area contributed by atoms with Crippen molar-refractivity contribution in [3.63, 3.8) is 0 Å². The molecule has 3 aromatic carbocycles. The van der Waals surface area contributed by atoms with Gasteiger partial charge in [0, 0.05) is 42.2 Å². The Kier molecular flexibility index (Phi) is 7.05. The quantitative estimate of drug-likeness (QED) is 0.307. The number of hydrogen-bond acceptors (Lipinski definition) is 4. The van der Waals surface area contributed by atoms with E-state index < -0.39 is 11.7 Å².